The van der Waals surface area contributed by atoms with Gasteiger partial charge in [-0.3, -0.25) is 9.59 Å². The van der Waals surface area contributed by atoms with Crippen LogP contribution in [0.1, 0.15) is 49.0 Å². The first-order valence-corrected chi connectivity index (χ1v) is 12.3. The number of carbonyl (C=O) groups excluding carboxylic acids is 2. The van der Waals surface area contributed by atoms with Crippen LogP contribution in [-0.4, -0.2) is 40.8 Å². The van der Waals surface area contributed by atoms with E-state index in [0.717, 1.165) is 45.1 Å². The number of aryl methyl sites for hydroxylation is 4. The van der Waals surface area contributed by atoms with Crippen LogP contribution < -0.4 is 5.32 Å². The van der Waals surface area contributed by atoms with Crippen molar-refractivity contribution in [3.05, 3.63) is 75.4 Å². The molecule has 33 heavy (non-hydrogen) atoms. The molecule has 3 aromatic rings. The van der Waals surface area contributed by atoms with Crippen LogP contribution in [-0.2, 0) is 0 Å². The van der Waals surface area contributed by atoms with Gasteiger partial charge in [0.1, 0.15) is 5.69 Å². The van der Waals surface area contributed by atoms with Gasteiger partial charge in [-0.1, -0.05) is 47.0 Å². The highest BCUT2D eigenvalue weighted by atomic mass is 32.1. The molecule has 1 aromatic heterocycles. The molecule has 3 atom stereocenters. The number of fused-ring (bicyclic) bond motifs is 1. The van der Waals surface area contributed by atoms with E-state index in [4.69, 9.17) is 0 Å². The number of piperidine rings is 1. The molecule has 0 radical (unpaired) electrons. The molecule has 1 aliphatic carbocycles. The summed E-state index contributed by atoms with van der Waals surface area (Å²) < 4.78 is 0. The third kappa shape index (κ3) is 4.32. The molecule has 1 aliphatic heterocycles. The van der Waals surface area contributed by atoms with Crippen molar-refractivity contribution in [3.63, 3.8) is 0 Å². The van der Waals surface area contributed by atoms with E-state index in [1.165, 1.54) is 0 Å². The lowest BCUT2D eigenvalue weighted by Crippen LogP contribution is -2.45. The number of aromatic nitrogens is 1. The predicted molar refractivity (Wildman–Crippen MR) is 132 cm³/mol. The standard InChI is InChI=1S/C27H29N3O2S/c1-15-6-5-7-19(9-15)25-24(29-18(4)33-25)27(32)30-14-21-12-22(21)23(30)13-28-26(31)20-10-16(2)8-17(3)11-20/h5-11,21-23H,12-14H2,1-4H3,(H,28,31)/t21-,22-,23+/m0/s1. The van der Waals surface area contributed by atoms with Crippen LogP contribution in [0.2, 0.25) is 0 Å². The highest BCUT2D eigenvalue weighted by Gasteiger charge is 2.54. The van der Waals surface area contributed by atoms with E-state index in [1.807, 2.05) is 49.9 Å². The van der Waals surface area contributed by atoms with Crippen LogP contribution in [0.25, 0.3) is 10.4 Å². The van der Waals surface area contributed by atoms with Crippen LogP contribution in [0, 0.1) is 39.5 Å². The average Bonchev–Trinajstić information content (AvgIpc) is 3.28. The maximum atomic E-state index is 13.7. The Hall–Kier alpha value is -2.99. The van der Waals surface area contributed by atoms with Gasteiger partial charge >= 0.3 is 0 Å². The molecule has 1 saturated carbocycles. The molecule has 5 rings (SSSR count). The molecule has 2 heterocycles. The topological polar surface area (TPSA) is 62.3 Å². The van der Waals surface area contributed by atoms with E-state index in [9.17, 15) is 9.59 Å². The maximum Gasteiger partial charge on any atom is 0.274 e. The molecule has 2 aliphatic rings. The largest absolute Gasteiger partial charge is 0.350 e. The minimum absolute atomic E-state index is 0.0183. The molecule has 1 saturated heterocycles. The van der Waals surface area contributed by atoms with Crippen LogP contribution in [0.5, 0.6) is 0 Å². The number of nitrogens with one attached hydrogen (secondary N) is 1. The van der Waals surface area contributed by atoms with Crippen LogP contribution >= 0.6 is 11.3 Å². The third-order valence-electron chi connectivity index (χ3n) is 6.74. The highest BCUT2D eigenvalue weighted by Crippen LogP contribution is 2.50. The Labute approximate surface area is 198 Å². The van der Waals surface area contributed by atoms with Gasteiger partial charge in [0.25, 0.3) is 11.8 Å². The lowest BCUT2D eigenvalue weighted by molar-refractivity contribution is 0.0690. The first kappa shape index (κ1) is 21.8. The maximum absolute atomic E-state index is 13.7. The van der Waals surface area contributed by atoms with Crippen LogP contribution in [0.3, 0.4) is 0 Å². The molecule has 0 spiro atoms. The summed E-state index contributed by atoms with van der Waals surface area (Å²) in [6, 6.07) is 14.1. The summed E-state index contributed by atoms with van der Waals surface area (Å²) in [4.78, 5) is 34.0. The molecule has 6 heteroatoms. The molecule has 2 aromatic carbocycles. The van der Waals surface area contributed by atoms with Gasteiger partial charge in [-0.2, -0.15) is 0 Å². The Bertz CT molecular complexity index is 1230. The number of rotatable bonds is 5. The smallest absolute Gasteiger partial charge is 0.274 e. The van der Waals surface area contributed by atoms with Crippen molar-refractivity contribution >= 4 is 23.2 Å². The van der Waals surface area contributed by atoms with Gasteiger partial charge in [-0.25, -0.2) is 4.98 Å². The normalized spacial score (nSPS) is 21.1. The van der Waals surface area contributed by atoms with E-state index in [-0.39, 0.29) is 17.9 Å². The highest BCUT2D eigenvalue weighted by molar-refractivity contribution is 7.15. The zero-order valence-electron chi connectivity index (χ0n) is 19.5. The molecule has 170 valence electrons. The van der Waals surface area contributed by atoms with Gasteiger partial charge < -0.3 is 10.2 Å². The predicted octanol–water partition coefficient (Wildman–Crippen LogP) is 4.93. The number of likely N-dealkylation sites (tertiary alicyclic amines) is 1. The number of hydrogen-bond donors (Lipinski definition) is 1. The number of hydrogen-bond acceptors (Lipinski definition) is 4. The lowest BCUT2D eigenvalue weighted by Gasteiger charge is -2.27. The summed E-state index contributed by atoms with van der Waals surface area (Å²) in [5.74, 6) is 0.909. The molecule has 2 amide bonds. The first-order valence-electron chi connectivity index (χ1n) is 11.5. The summed E-state index contributed by atoms with van der Waals surface area (Å²) in [7, 11) is 0. The van der Waals surface area contributed by atoms with E-state index < -0.39 is 0 Å². The van der Waals surface area contributed by atoms with Gasteiger partial charge in [0, 0.05) is 18.7 Å². The molecule has 1 N–H and O–H groups in total. The van der Waals surface area contributed by atoms with E-state index in [0.29, 0.717) is 29.6 Å². The van der Waals surface area contributed by atoms with Gasteiger partial charge in [0.05, 0.1) is 15.9 Å². The Morgan fingerprint density at radius 3 is 2.55 bits per heavy atom. The van der Waals surface area contributed by atoms with Crippen molar-refractivity contribution in [2.75, 3.05) is 13.1 Å². The van der Waals surface area contributed by atoms with Crippen molar-refractivity contribution in [1.82, 2.24) is 15.2 Å². The fraction of sp³-hybridized carbons (Fsp3) is 0.370. The summed E-state index contributed by atoms with van der Waals surface area (Å²) in [5, 5.41) is 3.98. The number of nitrogens with zero attached hydrogens (tertiary/aromatic N) is 2. The second kappa shape index (κ2) is 8.41. The molecular formula is C27H29N3O2S. The van der Waals surface area contributed by atoms with Gasteiger partial charge in [-0.05, 0) is 63.6 Å². The quantitative estimate of drug-likeness (QED) is 0.588. The van der Waals surface area contributed by atoms with Crippen molar-refractivity contribution in [3.8, 4) is 10.4 Å². The fourth-order valence-electron chi connectivity index (χ4n) is 5.16. The minimum Gasteiger partial charge on any atom is -0.350 e. The summed E-state index contributed by atoms with van der Waals surface area (Å²) in [5.41, 5.74) is 5.55. The number of carbonyl (C=O) groups is 2. The molecular weight excluding hydrogens is 430 g/mol. The third-order valence-corrected chi connectivity index (χ3v) is 7.76. The summed E-state index contributed by atoms with van der Waals surface area (Å²) in [6.45, 7) is 9.22. The molecule has 0 unspecified atom stereocenters. The zero-order chi connectivity index (χ0) is 23.3. The Morgan fingerprint density at radius 2 is 1.82 bits per heavy atom. The van der Waals surface area contributed by atoms with Gasteiger partial charge in [0.15, 0.2) is 0 Å². The SMILES string of the molecule is Cc1cc(C)cc(C(=O)NC[C@@H]2[C@H]3C[C@H]3CN2C(=O)c2nc(C)sc2-c2cccc(C)c2)c1. The van der Waals surface area contributed by atoms with Gasteiger partial charge in [-0.15, -0.1) is 11.3 Å². The van der Waals surface area contributed by atoms with Crippen molar-refractivity contribution in [2.45, 2.75) is 40.2 Å². The molecule has 2 fully saturated rings. The zero-order valence-corrected chi connectivity index (χ0v) is 20.3. The fourth-order valence-corrected chi connectivity index (χ4v) is 6.07. The second-order valence-corrected chi connectivity index (χ2v) is 10.8. The Kier molecular flexibility index (Phi) is 5.57. The average molecular weight is 460 g/mol. The van der Waals surface area contributed by atoms with Gasteiger partial charge in [0.2, 0.25) is 0 Å². The lowest BCUT2D eigenvalue weighted by atomic mass is 10.1. The van der Waals surface area contributed by atoms with Crippen molar-refractivity contribution in [2.24, 2.45) is 11.8 Å². The Morgan fingerprint density at radius 1 is 1.06 bits per heavy atom. The molecule has 5 nitrogen and oxygen atoms in total. The van der Waals surface area contributed by atoms with Crippen LogP contribution in [0.15, 0.2) is 42.5 Å². The van der Waals surface area contributed by atoms with E-state index in [1.54, 1.807) is 11.3 Å². The van der Waals surface area contributed by atoms with E-state index >= 15 is 0 Å². The molecule has 0 bridgehead atoms. The van der Waals surface area contributed by atoms with Crippen molar-refractivity contribution in [1.29, 1.82) is 0 Å². The monoisotopic (exact) mass is 459 g/mol. The van der Waals surface area contributed by atoms with Crippen molar-refractivity contribution < 1.29 is 9.59 Å². The first-order chi connectivity index (χ1) is 15.8. The Balaban J connectivity index is 1.35. The summed E-state index contributed by atoms with van der Waals surface area (Å²) >= 11 is 1.57. The second-order valence-electron chi connectivity index (χ2n) is 9.55. The minimum atomic E-state index is -0.0803. The number of amides is 2. The number of thiazole rings is 1. The van der Waals surface area contributed by atoms with E-state index in [2.05, 4.69) is 35.4 Å². The number of benzene rings is 2. The van der Waals surface area contributed by atoms with Crippen LogP contribution in [0.4, 0.5) is 0 Å². The summed E-state index contributed by atoms with van der Waals surface area (Å²) in [6.07, 6.45) is 1.13.